The smallest absolute Gasteiger partial charge is 0.164 e. The summed E-state index contributed by atoms with van der Waals surface area (Å²) in [6, 6.07) is 77.2. The first-order valence-corrected chi connectivity index (χ1v) is 23.9. The minimum Gasteiger partial charge on any atom is -0.309 e. The van der Waals surface area contributed by atoms with Gasteiger partial charge in [0.05, 0.1) is 27.5 Å². The Morgan fingerprint density at radius 1 is 0.362 bits per heavy atom. The molecule has 0 radical (unpaired) electrons. The normalized spacial score (nSPS) is 15.7. The molecule has 1 spiro atoms. The minimum absolute atomic E-state index is 0.531. The summed E-state index contributed by atoms with van der Waals surface area (Å²) in [4.78, 5) is 15.5. The highest BCUT2D eigenvalue weighted by molar-refractivity contribution is 6.19. The maximum absolute atomic E-state index is 5.23. The molecule has 3 aliphatic carbocycles. The largest absolute Gasteiger partial charge is 0.309 e. The van der Waals surface area contributed by atoms with E-state index in [-0.39, 0.29) is 0 Å². The van der Waals surface area contributed by atoms with E-state index in [0.29, 0.717) is 17.5 Å². The first-order valence-electron chi connectivity index (χ1n) is 23.9. The van der Waals surface area contributed by atoms with E-state index in [0.717, 1.165) is 40.9 Å². The van der Waals surface area contributed by atoms with Gasteiger partial charge in [-0.3, -0.25) is 0 Å². The Morgan fingerprint density at radius 2 is 0.899 bits per heavy atom. The highest BCUT2D eigenvalue weighted by Crippen LogP contribution is 2.64. The average molecular weight is 880 g/mol. The highest BCUT2D eigenvalue weighted by Gasteiger charge is 2.53. The average Bonchev–Trinajstić information content (AvgIpc) is 4.12. The Bertz CT molecular complexity index is 4120. The molecule has 12 aromatic rings. The molecule has 3 aromatic heterocycles. The molecule has 5 heteroatoms. The van der Waals surface area contributed by atoms with E-state index >= 15 is 0 Å². The molecule has 1 unspecified atom stereocenters. The van der Waals surface area contributed by atoms with Crippen LogP contribution in [0.25, 0.3) is 106 Å². The second-order valence-corrected chi connectivity index (χ2v) is 18.6. The van der Waals surface area contributed by atoms with Crippen LogP contribution in [0.3, 0.4) is 0 Å². The molecular weight excluding hydrogens is 839 g/mol. The quantitative estimate of drug-likeness (QED) is 0.173. The fourth-order valence-corrected chi connectivity index (χ4v) is 12.2. The summed E-state index contributed by atoms with van der Waals surface area (Å²) in [5.74, 6) is 1.97. The van der Waals surface area contributed by atoms with Crippen LogP contribution >= 0.6 is 0 Å². The number of rotatable bonds is 5. The lowest BCUT2D eigenvalue weighted by Crippen LogP contribution is -2.28. The van der Waals surface area contributed by atoms with E-state index in [4.69, 9.17) is 15.0 Å². The number of para-hydroxylation sites is 3. The van der Waals surface area contributed by atoms with Crippen LogP contribution in [0.2, 0.25) is 0 Å². The SMILES string of the molecule is C1=CC2=C(CC1)C1(c3cc(-n4c5ccccc5c5cc6c7ccccc7n(-c7ccccc7)c6cc54)ccc32)c2ccccc2-c2ccc(-c3nc(-c4ccccc4)nc(-c4ccccc4)n3)cc21. The topological polar surface area (TPSA) is 48.5 Å². The fraction of sp³-hybridized carbons (Fsp3) is 0.0469. The van der Waals surface area contributed by atoms with Crippen molar-refractivity contribution < 1.29 is 0 Å². The highest BCUT2D eigenvalue weighted by atomic mass is 15.0. The Labute approximate surface area is 398 Å². The van der Waals surface area contributed by atoms with Crippen molar-refractivity contribution in [3.05, 3.63) is 252 Å². The number of benzene rings is 9. The second-order valence-electron chi connectivity index (χ2n) is 18.6. The molecular formula is C64H41N5. The molecule has 0 saturated heterocycles. The molecule has 0 N–H and O–H groups in total. The van der Waals surface area contributed by atoms with Gasteiger partial charge in [-0.05, 0) is 112 Å². The van der Waals surface area contributed by atoms with Gasteiger partial charge in [0.15, 0.2) is 17.5 Å². The fourth-order valence-electron chi connectivity index (χ4n) is 12.2. The van der Waals surface area contributed by atoms with Crippen molar-refractivity contribution in [2.45, 2.75) is 18.3 Å². The number of allylic oxidation sites excluding steroid dienone is 4. The molecule has 3 aliphatic rings. The summed E-state index contributed by atoms with van der Waals surface area (Å²) in [5.41, 5.74) is 19.9. The Balaban J connectivity index is 0.989. The van der Waals surface area contributed by atoms with Gasteiger partial charge >= 0.3 is 0 Å². The van der Waals surface area contributed by atoms with E-state index in [1.54, 1.807) is 0 Å². The van der Waals surface area contributed by atoms with Gasteiger partial charge in [0.25, 0.3) is 0 Å². The number of hydrogen-bond acceptors (Lipinski definition) is 3. The monoisotopic (exact) mass is 879 g/mol. The summed E-state index contributed by atoms with van der Waals surface area (Å²) in [6.45, 7) is 0. The third-order valence-corrected chi connectivity index (χ3v) is 15.1. The molecule has 1 atom stereocenters. The third kappa shape index (κ3) is 5.38. The molecule has 69 heavy (non-hydrogen) atoms. The Morgan fingerprint density at radius 3 is 1.58 bits per heavy atom. The van der Waals surface area contributed by atoms with Crippen molar-refractivity contribution in [1.82, 2.24) is 24.1 Å². The van der Waals surface area contributed by atoms with Gasteiger partial charge in [-0.25, -0.2) is 15.0 Å². The lowest BCUT2D eigenvalue weighted by atomic mass is 9.68. The van der Waals surface area contributed by atoms with Crippen LogP contribution in [0.4, 0.5) is 0 Å². The maximum atomic E-state index is 5.23. The predicted molar refractivity (Wildman–Crippen MR) is 282 cm³/mol. The van der Waals surface area contributed by atoms with E-state index in [1.165, 1.54) is 88.1 Å². The van der Waals surface area contributed by atoms with Gasteiger partial charge in [0.2, 0.25) is 0 Å². The van der Waals surface area contributed by atoms with Crippen LogP contribution in [0.15, 0.2) is 230 Å². The minimum atomic E-state index is -0.531. The molecule has 0 fully saturated rings. The van der Waals surface area contributed by atoms with Gasteiger partial charge in [0.1, 0.15) is 0 Å². The molecule has 0 saturated carbocycles. The molecule has 0 bridgehead atoms. The summed E-state index contributed by atoms with van der Waals surface area (Å²) in [6.07, 6.45) is 6.71. The van der Waals surface area contributed by atoms with E-state index in [2.05, 4.69) is 197 Å². The van der Waals surface area contributed by atoms with Crippen molar-refractivity contribution >= 4 is 49.2 Å². The number of aromatic nitrogens is 5. The van der Waals surface area contributed by atoms with Gasteiger partial charge in [-0.2, -0.15) is 0 Å². The zero-order chi connectivity index (χ0) is 45.2. The van der Waals surface area contributed by atoms with Gasteiger partial charge in [0, 0.05) is 49.6 Å². The summed E-state index contributed by atoms with van der Waals surface area (Å²) >= 11 is 0. The van der Waals surface area contributed by atoms with Gasteiger partial charge < -0.3 is 9.13 Å². The molecule has 0 amide bonds. The Kier molecular flexibility index (Phi) is 8.05. The lowest BCUT2D eigenvalue weighted by molar-refractivity contribution is 0.713. The molecule has 0 aliphatic heterocycles. The van der Waals surface area contributed by atoms with Crippen LogP contribution in [0.1, 0.15) is 35.1 Å². The summed E-state index contributed by atoms with van der Waals surface area (Å²) in [5, 5.41) is 4.99. The molecule has 15 rings (SSSR count). The van der Waals surface area contributed by atoms with E-state index in [1.807, 2.05) is 36.4 Å². The first-order chi connectivity index (χ1) is 34.2. The molecule has 3 heterocycles. The van der Waals surface area contributed by atoms with Crippen molar-refractivity contribution in [1.29, 1.82) is 0 Å². The number of fused-ring (bicyclic) bond motifs is 15. The van der Waals surface area contributed by atoms with Crippen molar-refractivity contribution in [3.8, 4) is 56.7 Å². The van der Waals surface area contributed by atoms with E-state index in [9.17, 15) is 0 Å². The number of nitrogens with zero attached hydrogens (tertiary/aromatic N) is 5. The molecule has 9 aromatic carbocycles. The summed E-state index contributed by atoms with van der Waals surface area (Å²) in [7, 11) is 0. The van der Waals surface area contributed by atoms with Crippen molar-refractivity contribution in [3.63, 3.8) is 0 Å². The first kappa shape index (κ1) is 38.2. The van der Waals surface area contributed by atoms with Crippen LogP contribution in [0.5, 0.6) is 0 Å². The zero-order valence-electron chi connectivity index (χ0n) is 37.5. The van der Waals surface area contributed by atoms with Crippen LogP contribution < -0.4 is 0 Å². The predicted octanol–water partition coefficient (Wildman–Crippen LogP) is 15.5. The van der Waals surface area contributed by atoms with Crippen LogP contribution in [0, 0.1) is 0 Å². The maximum Gasteiger partial charge on any atom is 0.164 e. The van der Waals surface area contributed by atoms with Gasteiger partial charge in [-0.15, -0.1) is 0 Å². The zero-order valence-corrected chi connectivity index (χ0v) is 37.5. The number of hydrogen-bond donors (Lipinski definition) is 0. The third-order valence-electron chi connectivity index (χ3n) is 15.1. The van der Waals surface area contributed by atoms with E-state index < -0.39 is 5.41 Å². The van der Waals surface area contributed by atoms with Crippen molar-refractivity contribution in [2.24, 2.45) is 0 Å². The second kappa shape index (κ2) is 14.5. The molecule has 322 valence electrons. The van der Waals surface area contributed by atoms with Crippen molar-refractivity contribution in [2.75, 3.05) is 0 Å². The lowest BCUT2D eigenvalue weighted by Gasteiger charge is -2.34. The van der Waals surface area contributed by atoms with Gasteiger partial charge in [-0.1, -0.05) is 170 Å². The Hall–Kier alpha value is -8.93. The molecule has 5 nitrogen and oxygen atoms in total. The van der Waals surface area contributed by atoms with Crippen LogP contribution in [-0.2, 0) is 5.41 Å². The standard InChI is InChI=1S/C64H41N5/c1-4-18-40(19-5-1)61-65-62(41-20-6-2-7-21-41)67-63(66-61)42-32-34-47-45-24-10-14-28-53(45)64(55(47)36-42)54-29-15-11-25-46(54)48-35-33-44(37-56(48)64)69-58-31-17-13-27-50(58)52-38-51-49-26-12-16-30-57(49)68(59(51)39-60(52)69)43-22-8-3-9-23-43/h1-14,16-28,30-39H,15,29H2. The van der Waals surface area contributed by atoms with Crippen LogP contribution in [-0.4, -0.2) is 24.1 Å². The summed E-state index contributed by atoms with van der Waals surface area (Å²) < 4.78 is 4.94.